The summed E-state index contributed by atoms with van der Waals surface area (Å²) in [6.07, 6.45) is 0. The number of methoxy groups -OCH3 is 1. The van der Waals surface area contributed by atoms with Crippen molar-refractivity contribution >= 4 is 33.1 Å². The summed E-state index contributed by atoms with van der Waals surface area (Å²) in [5.74, 6) is 0.467. The van der Waals surface area contributed by atoms with Gasteiger partial charge >= 0.3 is 5.69 Å². The van der Waals surface area contributed by atoms with Crippen LogP contribution in [-0.2, 0) is 6.54 Å². The first-order valence-electron chi connectivity index (χ1n) is 9.85. The van der Waals surface area contributed by atoms with Crippen molar-refractivity contribution in [3.8, 4) is 5.75 Å². The molecule has 30 heavy (non-hydrogen) atoms. The van der Waals surface area contributed by atoms with Crippen molar-refractivity contribution in [2.45, 2.75) is 13.5 Å². The number of thiophene rings is 1. The molecule has 0 spiro atoms. The lowest BCUT2D eigenvalue weighted by molar-refractivity contribution is 0.0934. The van der Waals surface area contributed by atoms with E-state index in [0.717, 1.165) is 42.2 Å². The lowest BCUT2D eigenvalue weighted by atomic mass is 10.2. The van der Waals surface area contributed by atoms with Gasteiger partial charge in [0.15, 0.2) is 0 Å². The number of ether oxygens (including phenoxy) is 1. The van der Waals surface area contributed by atoms with Gasteiger partial charge in [-0.3, -0.25) is 19.1 Å². The molecule has 158 valence electrons. The van der Waals surface area contributed by atoms with Crippen LogP contribution in [0.15, 0.2) is 45.3 Å². The van der Waals surface area contributed by atoms with Crippen molar-refractivity contribution < 1.29 is 9.53 Å². The summed E-state index contributed by atoms with van der Waals surface area (Å²) in [6.45, 7) is 5.46. The van der Waals surface area contributed by atoms with E-state index in [2.05, 4.69) is 15.9 Å². The molecule has 4 rings (SSSR count). The van der Waals surface area contributed by atoms with E-state index in [1.165, 1.54) is 22.8 Å². The second kappa shape index (κ2) is 8.45. The van der Waals surface area contributed by atoms with Crippen LogP contribution in [0.1, 0.15) is 11.7 Å². The highest BCUT2D eigenvalue weighted by atomic mass is 32.1. The molecule has 1 aliphatic heterocycles. The molecule has 1 saturated heterocycles. The van der Waals surface area contributed by atoms with Gasteiger partial charge in [0, 0.05) is 46.2 Å². The Morgan fingerprint density at radius 1 is 1.07 bits per heavy atom. The van der Waals surface area contributed by atoms with Gasteiger partial charge in [0.25, 0.3) is 5.56 Å². The highest BCUT2D eigenvalue weighted by molar-refractivity contribution is 7.17. The van der Waals surface area contributed by atoms with Gasteiger partial charge in [-0.1, -0.05) is 12.1 Å². The number of carbonyl (C=O) groups is 1. The maximum absolute atomic E-state index is 12.8. The van der Waals surface area contributed by atoms with E-state index in [9.17, 15) is 14.4 Å². The fourth-order valence-electron chi connectivity index (χ4n) is 3.92. The number of rotatable bonds is 5. The maximum Gasteiger partial charge on any atom is 0.338 e. The number of anilines is 1. The second-order valence-corrected chi connectivity index (χ2v) is 8.15. The van der Waals surface area contributed by atoms with E-state index < -0.39 is 5.69 Å². The Balaban J connectivity index is 1.48. The number of fused-ring (bicyclic) bond motifs is 1. The van der Waals surface area contributed by atoms with Crippen LogP contribution in [0.25, 0.3) is 10.2 Å². The van der Waals surface area contributed by atoms with Gasteiger partial charge in [-0.05, 0) is 23.6 Å². The molecule has 3 heterocycles. The fraction of sp³-hybridized carbons (Fsp3) is 0.381. The van der Waals surface area contributed by atoms with E-state index in [0.29, 0.717) is 16.8 Å². The third-order valence-corrected chi connectivity index (χ3v) is 6.39. The Hall–Kier alpha value is -2.91. The fourth-order valence-corrected chi connectivity index (χ4v) is 4.74. The van der Waals surface area contributed by atoms with Gasteiger partial charge in [-0.2, -0.15) is 0 Å². The van der Waals surface area contributed by atoms with E-state index in [-0.39, 0.29) is 18.0 Å². The zero-order valence-electron chi connectivity index (χ0n) is 17.0. The van der Waals surface area contributed by atoms with Crippen LogP contribution in [0.3, 0.4) is 0 Å². The van der Waals surface area contributed by atoms with E-state index in [1.807, 2.05) is 18.2 Å². The summed E-state index contributed by atoms with van der Waals surface area (Å²) >= 11 is 1.25. The highest BCUT2D eigenvalue weighted by Gasteiger charge is 2.21. The van der Waals surface area contributed by atoms with Gasteiger partial charge in [0.2, 0.25) is 5.91 Å². The zero-order valence-corrected chi connectivity index (χ0v) is 17.9. The number of para-hydroxylation sites is 2. The maximum atomic E-state index is 12.8. The number of hydrogen-bond donors (Lipinski definition) is 0. The normalized spacial score (nSPS) is 14.9. The number of benzene rings is 1. The molecule has 3 aromatic rings. The van der Waals surface area contributed by atoms with Crippen LogP contribution in [-0.4, -0.2) is 59.8 Å². The predicted octanol–water partition coefficient (Wildman–Crippen LogP) is 1.72. The lowest BCUT2D eigenvalue weighted by Crippen LogP contribution is -2.49. The van der Waals surface area contributed by atoms with Crippen molar-refractivity contribution in [1.29, 1.82) is 0 Å². The molecule has 0 aliphatic carbocycles. The molecule has 1 aromatic carbocycles. The van der Waals surface area contributed by atoms with Gasteiger partial charge < -0.3 is 9.64 Å². The molecule has 9 heteroatoms. The summed E-state index contributed by atoms with van der Waals surface area (Å²) in [5, 5.41) is 1.73. The van der Waals surface area contributed by atoms with Crippen LogP contribution < -0.4 is 20.9 Å². The summed E-state index contributed by atoms with van der Waals surface area (Å²) in [4.78, 5) is 42.1. The lowest BCUT2D eigenvalue weighted by Gasteiger charge is -2.36. The topological polar surface area (TPSA) is 76.8 Å². The molecule has 0 saturated carbocycles. The van der Waals surface area contributed by atoms with Crippen molar-refractivity contribution in [2.75, 3.05) is 44.7 Å². The summed E-state index contributed by atoms with van der Waals surface area (Å²) < 4.78 is 8.17. The Labute approximate surface area is 177 Å². The van der Waals surface area contributed by atoms with Crippen molar-refractivity contribution in [2.24, 2.45) is 0 Å². The smallest absolute Gasteiger partial charge is 0.338 e. The molecule has 0 amide bonds. The highest BCUT2D eigenvalue weighted by Crippen LogP contribution is 2.28. The predicted molar refractivity (Wildman–Crippen MR) is 118 cm³/mol. The molecule has 0 unspecified atom stereocenters. The number of hydrogen-bond acceptors (Lipinski definition) is 7. The molecular weight excluding hydrogens is 404 g/mol. The number of piperazine rings is 1. The van der Waals surface area contributed by atoms with Gasteiger partial charge in [-0.25, -0.2) is 9.36 Å². The first-order chi connectivity index (χ1) is 14.5. The van der Waals surface area contributed by atoms with E-state index in [1.54, 1.807) is 18.6 Å². The van der Waals surface area contributed by atoms with Crippen LogP contribution >= 0.6 is 11.3 Å². The molecule has 0 atom stereocenters. The number of aromatic nitrogens is 2. The quantitative estimate of drug-likeness (QED) is 0.616. The average Bonchev–Trinajstić information content (AvgIpc) is 3.23. The van der Waals surface area contributed by atoms with Crippen molar-refractivity contribution in [3.63, 3.8) is 0 Å². The second-order valence-electron chi connectivity index (χ2n) is 7.23. The Bertz CT molecular complexity index is 1190. The molecule has 0 N–H and O–H groups in total. The molecule has 2 aromatic heterocycles. The molecular formula is C21H24N4O4S. The van der Waals surface area contributed by atoms with Crippen molar-refractivity contribution in [3.05, 3.63) is 56.5 Å². The van der Waals surface area contributed by atoms with Crippen LogP contribution in [0.4, 0.5) is 5.69 Å². The standard InChI is InChI=1S/C21H24N4O4S/c1-15(26)25-17-7-14-30-19(17)20(27)24(21(25)28)13-10-22-8-11-23(12-9-22)16-5-3-4-6-18(16)29-2/h3-7,14H,8-13H2,1-2H3. The number of nitrogens with zero attached hydrogens (tertiary/aromatic N) is 4. The molecule has 0 bridgehead atoms. The number of carbonyl (C=O) groups excluding carboxylic acids is 1. The van der Waals surface area contributed by atoms with Gasteiger partial charge in [0.05, 0.1) is 18.3 Å². The molecule has 0 radical (unpaired) electrons. The Morgan fingerprint density at radius 2 is 1.80 bits per heavy atom. The first-order valence-corrected chi connectivity index (χ1v) is 10.7. The zero-order chi connectivity index (χ0) is 21.3. The average molecular weight is 429 g/mol. The minimum atomic E-state index is -0.564. The van der Waals surface area contributed by atoms with Crippen LogP contribution in [0.5, 0.6) is 5.75 Å². The molecule has 1 aliphatic rings. The van der Waals surface area contributed by atoms with E-state index >= 15 is 0 Å². The SMILES string of the molecule is COc1ccccc1N1CCN(CCn2c(=O)c3sccc3n(C(C)=O)c2=O)CC1. The summed E-state index contributed by atoms with van der Waals surface area (Å²) in [7, 11) is 1.67. The third kappa shape index (κ3) is 3.66. The van der Waals surface area contributed by atoms with Crippen LogP contribution in [0, 0.1) is 0 Å². The Morgan fingerprint density at radius 3 is 2.50 bits per heavy atom. The van der Waals surface area contributed by atoms with E-state index in [4.69, 9.17) is 4.74 Å². The third-order valence-electron chi connectivity index (χ3n) is 5.50. The van der Waals surface area contributed by atoms with Crippen molar-refractivity contribution in [1.82, 2.24) is 14.0 Å². The minimum absolute atomic E-state index is 0.257. The molecule has 8 nitrogen and oxygen atoms in total. The monoisotopic (exact) mass is 428 g/mol. The summed E-state index contributed by atoms with van der Waals surface area (Å²) in [5.41, 5.74) is 0.578. The summed E-state index contributed by atoms with van der Waals surface area (Å²) in [6, 6.07) is 9.60. The largest absolute Gasteiger partial charge is 0.495 e. The van der Waals surface area contributed by atoms with Gasteiger partial charge in [0.1, 0.15) is 10.4 Å². The van der Waals surface area contributed by atoms with Gasteiger partial charge in [-0.15, -0.1) is 11.3 Å². The first kappa shape index (κ1) is 20.4. The van der Waals surface area contributed by atoms with Crippen LogP contribution in [0.2, 0.25) is 0 Å². The molecule has 1 fully saturated rings. The minimum Gasteiger partial charge on any atom is -0.495 e. The Kier molecular flexibility index (Phi) is 5.74.